The Morgan fingerprint density at radius 3 is 2.47 bits per heavy atom. The molecule has 19 heavy (non-hydrogen) atoms. The van der Waals surface area contributed by atoms with E-state index in [1.807, 2.05) is 0 Å². The van der Waals surface area contributed by atoms with E-state index in [1.165, 1.54) is 12.1 Å². The first-order valence-corrected chi connectivity index (χ1v) is 7.23. The Balaban J connectivity index is 2.80. The fraction of sp³-hybridized carbons (Fsp3) is 0.538. The zero-order chi connectivity index (χ0) is 14.5. The van der Waals surface area contributed by atoms with Crippen LogP contribution in [0.2, 0.25) is 0 Å². The quantitative estimate of drug-likeness (QED) is 0.424. The van der Waals surface area contributed by atoms with Gasteiger partial charge >= 0.3 is 0 Å². The lowest BCUT2D eigenvalue weighted by Crippen LogP contribution is -2.29. The summed E-state index contributed by atoms with van der Waals surface area (Å²) in [5, 5.41) is 11.3. The molecule has 0 aliphatic heterocycles. The van der Waals surface area contributed by atoms with Crippen LogP contribution in [-0.2, 0) is 0 Å². The Hall–Kier alpha value is -1.17. The molecule has 106 valence electrons. The van der Waals surface area contributed by atoms with Crippen LogP contribution in [0.4, 0.5) is 10.1 Å². The first-order chi connectivity index (χ1) is 8.98. The predicted octanol–water partition coefficient (Wildman–Crippen LogP) is 4.31. The van der Waals surface area contributed by atoms with E-state index in [0.29, 0.717) is 6.61 Å². The second-order valence-corrected chi connectivity index (χ2v) is 5.06. The van der Waals surface area contributed by atoms with Crippen molar-refractivity contribution < 1.29 is 14.1 Å². The number of ether oxygens (including phenoxy) is 1. The van der Waals surface area contributed by atoms with Gasteiger partial charge in [0, 0.05) is 16.8 Å². The fourth-order valence-electron chi connectivity index (χ4n) is 1.63. The molecular weight excluding hydrogens is 317 g/mol. The number of nitro benzene ring substituents is 1. The molecule has 0 unspecified atom stereocenters. The summed E-state index contributed by atoms with van der Waals surface area (Å²) in [5.74, 6) is -0.650. The maximum absolute atomic E-state index is 13.7. The van der Waals surface area contributed by atoms with Crippen molar-refractivity contribution >= 4 is 21.6 Å². The van der Waals surface area contributed by atoms with Crippen molar-refractivity contribution in [2.24, 2.45) is 5.41 Å². The lowest BCUT2D eigenvalue weighted by molar-refractivity contribution is -0.385. The van der Waals surface area contributed by atoms with Gasteiger partial charge in [0.25, 0.3) is 5.69 Å². The van der Waals surface area contributed by atoms with Crippen molar-refractivity contribution in [3.05, 3.63) is 34.1 Å². The van der Waals surface area contributed by atoms with Crippen LogP contribution in [-0.4, -0.2) is 16.9 Å². The summed E-state index contributed by atoms with van der Waals surface area (Å²) in [6.45, 7) is 4.49. The Labute approximate surface area is 120 Å². The van der Waals surface area contributed by atoms with Gasteiger partial charge < -0.3 is 4.74 Å². The topological polar surface area (TPSA) is 52.4 Å². The number of rotatable bonds is 7. The summed E-state index contributed by atoms with van der Waals surface area (Å²) in [5.41, 5.74) is -0.323. The van der Waals surface area contributed by atoms with Gasteiger partial charge in [-0.15, -0.1) is 0 Å². The van der Waals surface area contributed by atoms with Crippen LogP contribution in [0.15, 0.2) is 18.2 Å². The monoisotopic (exact) mass is 333 g/mol. The molecule has 0 bridgehead atoms. The average molecular weight is 334 g/mol. The van der Waals surface area contributed by atoms with E-state index in [1.54, 1.807) is 0 Å². The van der Waals surface area contributed by atoms with Crippen molar-refractivity contribution in [2.45, 2.75) is 26.7 Å². The Morgan fingerprint density at radius 2 is 2.05 bits per heavy atom. The highest BCUT2D eigenvalue weighted by atomic mass is 79.9. The third-order valence-corrected chi connectivity index (χ3v) is 4.63. The minimum Gasteiger partial charge on any atom is -0.490 e. The van der Waals surface area contributed by atoms with E-state index >= 15 is 0 Å². The van der Waals surface area contributed by atoms with Gasteiger partial charge in [0.1, 0.15) is 0 Å². The molecule has 0 amide bonds. The number of halogens is 2. The average Bonchev–Trinajstić information content (AvgIpc) is 2.42. The summed E-state index contributed by atoms with van der Waals surface area (Å²) in [6, 6.07) is 3.42. The molecule has 0 spiro atoms. The van der Waals surface area contributed by atoms with E-state index in [4.69, 9.17) is 4.74 Å². The number of alkyl halides is 1. The van der Waals surface area contributed by atoms with Gasteiger partial charge in [-0.3, -0.25) is 10.1 Å². The van der Waals surface area contributed by atoms with Gasteiger partial charge in [0.05, 0.1) is 17.6 Å². The van der Waals surface area contributed by atoms with Gasteiger partial charge in [-0.05, 0) is 18.9 Å². The van der Waals surface area contributed by atoms with Crippen LogP contribution in [0.25, 0.3) is 0 Å². The van der Waals surface area contributed by atoms with Crippen LogP contribution >= 0.6 is 15.9 Å². The minimum atomic E-state index is -0.704. The van der Waals surface area contributed by atoms with Crippen molar-refractivity contribution in [3.63, 3.8) is 0 Å². The molecule has 1 aromatic rings. The maximum atomic E-state index is 13.7. The number of non-ortho nitro benzene ring substituents is 1. The summed E-state index contributed by atoms with van der Waals surface area (Å²) < 4.78 is 19.1. The Morgan fingerprint density at radius 1 is 1.42 bits per heavy atom. The Kier molecular flexibility index (Phi) is 5.72. The number of hydrogen-bond donors (Lipinski definition) is 0. The third-order valence-electron chi connectivity index (χ3n) is 3.44. The Bertz CT molecular complexity index is 441. The molecule has 0 radical (unpaired) electrons. The van der Waals surface area contributed by atoms with E-state index in [9.17, 15) is 14.5 Å². The smallest absolute Gasteiger partial charge is 0.272 e. The van der Waals surface area contributed by atoms with Crippen LogP contribution in [0.5, 0.6) is 5.75 Å². The molecule has 0 saturated heterocycles. The third kappa shape index (κ3) is 3.89. The first kappa shape index (κ1) is 15.9. The first-order valence-electron chi connectivity index (χ1n) is 6.10. The SMILES string of the molecule is CCC(CC)(CBr)COc1ccc([N+](=O)[O-])cc1F. The summed E-state index contributed by atoms with van der Waals surface area (Å²) in [7, 11) is 0. The van der Waals surface area contributed by atoms with E-state index in [2.05, 4.69) is 29.8 Å². The lowest BCUT2D eigenvalue weighted by Gasteiger charge is -2.29. The number of nitro groups is 1. The van der Waals surface area contributed by atoms with Crippen molar-refractivity contribution in [2.75, 3.05) is 11.9 Å². The fourth-order valence-corrected chi connectivity index (χ4v) is 2.59. The summed E-state index contributed by atoms with van der Waals surface area (Å²) >= 11 is 3.45. The van der Waals surface area contributed by atoms with Crippen LogP contribution in [0.3, 0.4) is 0 Å². The highest BCUT2D eigenvalue weighted by Gasteiger charge is 2.26. The van der Waals surface area contributed by atoms with Gasteiger partial charge in [-0.1, -0.05) is 29.8 Å². The van der Waals surface area contributed by atoms with E-state index < -0.39 is 10.7 Å². The molecule has 6 heteroatoms. The molecular formula is C13H17BrFNO3. The zero-order valence-corrected chi connectivity index (χ0v) is 12.6. The van der Waals surface area contributed by atoms with Crippen molar-refractivity contribution in [1.82, 2.24) is 0 Å². The molecule has 0 atom stereocenters. The molecule has 0 saturated carbocycles. The molecule has 0 N–H and O–H groups in total. The second kappa shape index (κ2) is 6.84. The molecule has 1 rings (SSSR count). The van der Waals surface area contributed by atoms with Gasteiger partial charge in [0.2, 0.25) is 0 Å². The van der Waals surface area contributed by atoms with Crippen molar-refractivity contribution in [3.8, 4) is 5.75 Å². The molecule has 0 fully saturated rings. The summed E-state index contributed by atoms with van der Waals surface area (Å²) in [6.07, 6.45) is 1.81. The van der Waals surface area contributed by atoms with E-state index in [-0.39, 0.29) is 16.9 Å². The normalized spacial score (nSPS) is 11.4. The number of nitrogens with zero attached hydrogens (tertiary/aromatic N) is 1. The van der Waals surface area contributed by atoms with Gasteiger partial charge in [-0.25, -0.2) is 4.39 Å². The summed E-state index contributed by atoms with van der Waals surface area (Å²) in [4.78, 5) is 9.88. The van der Waals surface area contributed by atoms with Crippen LogP contribution in [0.1, 0.15) is 26.7 Å². The van der Waals surface area contributed by atoms with Gasteiger partial charge in [0.15, 0.2) is 11.6 Å². The minimum absolute atomic E-state index is 0.0474. The number of benzene rings is 1. The number of hydrogen-bond acceptors (Lipinski definition) is 3. The molecule has 0 aliphatic rings. The largest absolute Gasteiger partial charge is 0.490 e. The van der Waals surface area contributed by atoms with Gasteiger partial charge in [-0.2, -0.15) is 0 Å². The highest BCUT2D eigenvalue weighted by molar-refractivity contribution is 9.09. The predicted molar refractivity (Wildman–Crippen MR) is 75.4 cm³/mol. The second-order valence-electron chi connectivity index (χ2n) is 4.50. The lowest BCUT2D eigenvalue weighted by atomic mass is 9.86. The van der Waals surface area contributed by atoms with Crippen LogP contribution < -0.4 is 4.74 Å². The van der Waals surface area contributed by atoms with Crippen molar-refractivity contribution in [1.29, 1.82) is 0 Å². The molecule has 0 aliphatic carbocycles. The molecule has 0 aromatic heterocycles. The zero-order valence-electron chi connectivity index (χ0n) is 11.0. The molecule has 0 heterocycles. The molecule has 1 aromatic carbocycles. The van der Waals surface area contributed by atoms with Crippen LogP contribution in [0, 0.1) is 21.3 Å². The highest BCUT2D eigenvalue weighted by Crippen LogP contribution is 2.31. The standard InChI is InChI=1S/C13H17BrFNO3/c1-3-13(4-2,8-14)9-19-12-6-5-10(16(17)18)7-11(12)15/h5-7H,3-4,8-9H2,1-2H3. The maximum Gasteiger partial charge on any atom is 0.272 e. The molecule has 4 nitrogen and oxygen atoms in total. The van der Waals surface area contributed by atoms with E-state index in [0.717, 1.165) is 24.2 Å².